The van der Waals surface area contributed by atoms with Crippen LogP contribution < -0.4 is 5.32 Å². The summed E-state index contributed by atoms with van der Waals surface area (Å²) < 4.78 is 42.6. The zero-order valence-corrected chi connectivity index (χ0v) is 13.9. The Labute approximate surface area is 152 Å². The Kier molecular flexibility index (Phi) is 4.07. The first-order valence-electron chi connectivity index (χ1n) is 8.29. The fourth-order valence-electron chi connectivity index (χ4n) is 3.18. The lowest BCUT2D eigenvalue weighted by Gasteiger charge is -2.30. The molecular formula is C19H13F3N4O. The summed E-state index contributed by atoms with van der Waals surface area (Å²) in [7, 11) is 0. The van der Waals surface area contributed by atoms with E-state index in [4.69, 9.17) is 5.26 Å². The number of nitriles is 1. The lowest BCUT2D eigenvalue weighted by Crippen LogP contribution is -2.45. The summed E-state index contributed by atoms with van der Waals surface area (Å²) in [5.41, 5.74) is -0.213. The van der Waals surface area contributed by atoms with Crippen molar-refractivity contribution in [1.82, 2.24) is 14.9 Å². The molecular weight excluding hydrogens is 357 g/mol. The SMILES string of the molecule is N#Cc1c(F)cc(-n2c(C(=O)NC3CC(F)C3)cc3cccnc32)cc1F. The maximum absolute atomic E-state index is 14.1. The molecule has 1 N–H and O–H groups in total. The predicted octanol–water partition coefficient (Wildman–Crippen LogP) is 3.41. The van der Waals surface area contributed by atoms with Crippen molar-refractivity contribution in [2.45, 2.75) is 25.1 Å². The summed E-state index contributed by atoms with van der Waals surface area (Å²) in [5, 5.41) is 12.2. The van der Waals surface area contributed by atoms with E-state index in [9.17, 15) is 18.0 Å². The van der Waals surface area contributed by atoms with Gasteiger partial charge in [0, 0.05) is 17.6 Å². The molecule has 0 atom stereocenters. The number of fused-ring (bicyclic) bond motifs is 1. The van der Waals surface area contributed by atoms with Crippen molar-refractivity contribution in [3.63, 3.8) is 0 Å². The molecule has 2 heterocycles. The van der Waals surface area contributed by atoms with Crippen LogP contribution in [-0.2, 0) is 0 Å². The van der Waals surface area contributed by atoms with Crippen molar-refractivity contribution < 1.29 is 18.0 Å². The highest BCUT2D eigenvalue weighted by molar-refractivity contribution is 5.99. The third kappa shape index (κ3) is 2.91. The molecule has 1 aliphatic carbocycles. The topological polar surface area (TPSA) is 70.7 Å². The average Bonchev–Trinajstić information content (AvgIpc) is 2.99. The minimum Gasteiger partial charge on any atom is -0.348 e. The van der Waals surface area contributed by atoms with Gasteiger partial charge in [-0.1, -0.05) is 0 Å². The Hall–Kier alpha value is -3.34. The number of amides is 1. The minimum atomic E-state index is -1.03. The summed E-state index contributed by atoms with van der Waals surface area (Å²) >= 11 is 0. The number of nitrogens with zero attached hydrogens (tertiary/aromatic N) is 3. The van der Waals surface area contributed by atoms with Gasteiger partial charge < -0.3 is 5.32 Å². The van der Waals surface area contributed by atoms with E-state index < -0.39 is 29.3 Å². The molecule has 0 aliphatic heterocycles. The molecule has 1 amide bonds. The summed E-state index contributed by atoms with van der Waals surface area (Å²) in [6, 6.07) is 8.09. The van der Waals surface area contributed by atoms with Gasteiger partial charge in [0.05, 0.1) is 5.69 Å². The number of benzene rings is 1. The molecule has 1 aromatic carbocycles. The first-order valence-corrected chi connectivity index (χ1v) is 8.29. The van der Waals surface area contributed by atoms with Crippen molar-refractivity contribution in [3.8, 4) is 11.8 Å². The highest BCUT2D eigenvalue weighted by Gasteiger charge is 2.31. The van der Waals surface area contributed by atoms with Crippen molar-refractivity contribution in [2.24, 2.45) is 0 Å². The van der Waals surface area contributed by atoms with Crippen molar-refractivity contribution in [1.29, 1.82) is 5.26 Å². The van der Waals surface area contributed by atoms with E-state index in [0.29, 0.717) is 11.0 Å². The molecule has 1 saturated carbocycles. The van der Waals surface area contributed by atoms with E-state index in [1.807, 2.05) is 0 Å². The van der Waals surface area contributed by atoms with Gasteiger partial charge in [-0.15, -0.1) is 0 Å². The zero-order chi connectivity index (χ0) is 19.1. The van der Waals surface area contributed by atoms with Crippen LogP contribution in [0.2, 0.25) is 0 Å². The summed E-state index contributed by atoms with van der Waals surface area (Å²) in [6.45, 7) is 0. The molecule has 1 aliphatic rings. The van der Waals surface area contributed by atoms with Crippen LogP contribution in [0.25, 0.3) is 16.7 Å². The third-order valence-corrected chi connectivity index (χ3v) is 4.61. The Morgan fingerprint density at radius 2 is 1.96 bits per heavy atom. The minimum absolute atomic E-state index is 0.0276. The van der Waals surface area contributed by atoms with Crippen LogP contribution in [0.15, 0.2) is 36.5 Å². The van der Waals surface area contributed by atoms with E-state index in [2.05, 4.69) is 10.3 Å². The first-order chi connectivity index (χ1) is 13.0. The molecule has 0 unspecified atom stereocenters. The molecule has 5 nitrogen and oxygen atoms in total. The van der Waals surface area contributed by atoms with E-state index in [0.717, 1.165) is 12.1 Å². The van der Waals surface area contributed by atoms with Crippen LogP contribution >= 0.6 is 0 Å². The number of hydrogen-bond acceptors (Lipinski definition) is 3. The van der Waals surface area contributed by atoms with Gasteiger partial charge in [0.25, 0.3) is 5.91 Å². The van der Waals surface area contributed by atoms with Crippen LogP contribution in [0.3, 0.4) is 0 Å². The number of carbonyl (C=O) groups is 1. The quantitative estimate of drug-likeness (QED) is 0.768. The van der Waals surface area contributed by atoms with E-state index in [1.54, 1.807) is 18.2 Å². The van der Waals surface area contributed by atoms with Crippen molar-refractivity contribution in [2.75, 3.05) is 0 Å². The number of hydrogen-bond donors (Lipinski definition) is 1. The second-order valence-electron chi connectivity index (χ2n) is 6.42. The fraction of sp³-hybridized carbons (Fsp3) is 0.211. The number of nitrogens with one attached hydrogen (secondary N) is 1. The Morgan fingerprint density at radius 1 is 1.26 bits per heavy atom. The molecule has 1 fully saturated rings. The lowest BCUT2D eigenvalue weighted by molar-refractivity contribution is 0.0854. The predicted molar refractivity (Wildman–Crippen MR) is 91.1 cm³/mol. The highest BCUT2D eigenvalue weighted by Crippen LogP contribution is 2.27. The second-order valence-corrected chi connectivity index (χ2v) is 6.42. The van der Waals surface area contributed by atoms with Crippen molar-refractivity contribution >= 4 is 16.9 Å². The number of carbonyl (C=O) groups excluding carboxylic acids is 1. The van der Waals surface area contributed by atoms with Gasteiger partial charge >= 0.3 is 0 Å². The van der Waals surface area contributed by atoms with Gasteiger partial charge in [-0.2, -0.15) is 5.26 Å². The fourth-order valence-corrected chi connectivity index (χ4v) is 3.18. The number of rotatable bonds is 3. The number of aromatic nitrogens is 2. The zero-order valence-electron chi connectivity index (χ0n) is 13.9. The smallest absolute Gasteiger partial charge is 0.268 e. The van der Waals surface area contributed by atoms with E-state index in [1.165, 1.54) is 16.8 Å². The Morgan fingerprint density at radius 3 is 2.59 bits per heavy atom. The van der Waals surface area contributed by atoms with Gasteiger partial charge in [0.15, 0.2) is 0 Å². The highest BCUT2D eigenvalue weighted by atomic mass is 19.1. The van der Waals surface area contributed by atoms with Crippen LogP contribution in [-0.4, -0.2) is 27.7 Å². The van der Waals surface area contributed by atoms with Gasteiger partial charge in [-0.3, -0.25) is 9.36 Å². The molecule has 3 aromatic rings. The van der Waals surface area contributed by atoms with Crippen LogP contribution in [0, 0.1) is 23.0 Å². The van der Waals surface area contributed by atoms with Gasteiger partial charge in [0.2, 0.25) is 0 Å². The van der Waals surface area contributed by atoms with Crippen LogP contribution in [0.1, 0.15) is 28.9 Å². The Bertz CT molecular complexity index is 1070. The van der Waals surface area contributed by atoms with Gasteiger partial charge in [-0.25, -0.2) is 18.2 Å². The molecule has 0 radical (unpaired) electrons. The standard InChI is InChI=1S/C19H13F3N4O/c20-11-5-12(6-11)25-19(27)17-4-10-2-1-3-24-18(10)26(17)13-7-15(21)14(9-23)16(22)8-13/h1-4,7-8,11-12H,5-6H2,(H,25,27). The molecule has 2 aromatic heterocycles. The Balaban J connectivity index is 1.84. The van der Waals surface area contributed by atoms with Gasteiger partial charge in [-0.05, 0) is 43.2 Å². The van der Waals surface area contributed by atoms with Crippen LogP contribution in [0.5, 0.6) is 0 Å². The van der Waals surface area contributed by atoms with Gasteiger partial charge in [0.1, 0.15) is 40.8 Å². The molecule has 0 saturated heterocycles. The summed E-state index contributed by atoms with van der Waals surface area (Å²) in [5.74, 6) is -2.55. The number of alkyl halides is 1. The number of pyridine rings is 1. The molecule has 27 heavy (non-hydrogen) atoms. The normalized spacial score (nSPS) is 18.7. The maximum Gasteiger partial charge on any atom is 0.268 e. The lowest BCUT2D eigenvalue weighted by atomic mass is 9.91. The summed E-state index contributed by atoms with van der Waals surface area (Å²) in [6.07, 6.45) is 1.05. The van der Waals surface area contributed by atoms with E-state index >= 15 is 0 Å². The van der Waals surface area contributed by atoms with Crippen molar-refractivity contribution in [3.05, 3.63) is 59.4 Å². The van der Waals surface area contributed by atoms with E-state index in [-0.39, 0.29) is 30.3 Å². The summed E-state index contributed by atoms with van der Waals surface area (Å²) in [4.78, 5) is 16.9. The second kappa shape index (κ2) is 6.43. The van der Waals surface area contributed by atoms with Crippen LogP contribution in [0.4, 0.5) is 13.2 Å². The maximum atomic E-state index is 14.1. The monoisotopic (exact) mass is 370 g/mol. The average molecular weight is 370 g/mol. The molecule has 136 valence electrons. The molecule has 0 bridgehead atoms. The molecule has 8 heteroatoms. The molecule has 0 spiro atoms. The largest absolute Gasteiger partial charge is 0.348 e. The first kappa shape index (κ1) is 17.1. The molecule has 4 rings (SSSR count). The third-order valence-electron chi connectivity index (χ3n) is 4.61. The number of halogens is 3.